The number of benzene rings is 2. The second-order valence-electron chi connectivity index (χ2n) is 7.91. The highest BCUT2D eigenvalue weighted by Gasteiger charge is 2.19. The van der Waals surface area contributed by atoms with E-state index in [0.717, 1.165) is 5.56 Å². The van der Waals surface area contributed by atoms with Crippen LogP contribution in [0.3, 0.4) is 0 Å². The van der Waals surface area contributed by atoms with Crippen molar-refractivity contribution in [2.75, 3.05) is 20.3 Å². The summed E-state index contributed by atoms with van der Waals surface area (Å²) in [6.07, 6.45) is 0.372. The van der Waals surface area contributed by atoms with Crippen LogP contribution in [0.5, 0.6) is 11.5 Å². The third-order valence-electron chi connectivity index (χ3n) is 5.22. The molecule has 0 aliphatic carbocycles. The average Bonchev–Trinajstić information content (AvgIpc) is 2.81. The Labute approximate surface area is 203 Å². The molecule has 0 unspecified atom stereocenters. The highest BCUT2D eigenvalue weighted by molar-refractivity contribution is 5.94. The van der Waals surface area contributed by atoms with Gasteiger partial charge in [-0.15, -0.1) is 0 Å². The van der Waals surface area contributed by atoms with Gasteiger partial charge in [-0.1, -0.05) is 12.1 Å². The number of hydrogen-bond donors (Lipinski definition) is 1. The molecule has 0 saturated heterocycles. The summed E-state index contributed by atoms with van der Waals surface area (Å²) in [5, 5.41) is 8.67. The molecule has 0 atom stereocenters. The largest absolute Gasteiger partial charge is 0.496 e. The Balaban J connectivity index is 1.87. The van der Waals surface area contributed by atoms with E-state index in [-0.39, 0.29) is 50.2 Å². The molecule has 0 heterocycles. The van der Waals surface area contributed by atoms with Crippen LogP contribution in [0.1, 0.15) is 63.1 Å². The van der Waals surface area contributed by atoms with Crippen LogP contribution in [0.25, 0.3) is 0 Å². The molecule has 0 radical (unpaired) electrons. The van der Waals surface area contributed by atoms with Crippen LogP contribution >= 0.6 is 0 Å². The van der Waals surface area contributed by atoms with Crippen molar-refractivity contribution in [1.82, 2.24) is 0 Å². The van der Waals surface area contributed by atoms with Gasteiger partial charge in [0.25, 0.3) is 0 Å². The summed E-state index contributed by atoms with van der Waals surface area (Å²) in [4.78, 5) is 47.5. The van der Waals surface area contributed by atoms with Crippen LogP contribution in [0, 0.1) is 20.8 Å². The Morgan fingerprint density at radius 1 is 0.800 bits per heavy atom. The maximum Gasteiger partial charge on any atom is 0.338 e. The van der Waals surface area contributed by atoms with Crippen molar-refractivity contribution < 1.29 is 43.2 Å². The molecule has 2 aromatic rings. The van der Waals surface area contributed by atoms with E-state index in [2.05, 4.69) is 0 Å². The lowest BCUT2D eigenvalue weighted by Crippen LogP contribution is -2.15. The highest BCUT2D eigenvalue weighted by atomic mass is 16.5. The van der Waals surface area contributed by atoms with Crippen molar-refractivity contribution in [2.45, 2.75) is 46.5 Å². The average molecular weight is 487 g/mol. The first-order valence-electron chi connectivity index (χ1n) is 11.2. The van der Waals surface area contributed by atoms with Gasteiger partial charge in [0.2, 0.25) is 0 Å². The van der Waals surface area contributed by atoms with Gasteiger partial charge in [-0.25, -0.2) is 9.59 Å². The Hall–Kier alpha value is -3.88. The maximum atomic E-state index is 12.5. The first-order valence-corrected chi connectivity index (χ1v) is 11.2. The fourth-order valence-electron chi connectivity index (χ4n) is 3.30. The predicted molar refractivity (Wildman–Crippen MR) is 126 cm³/mol. The fourth-order valence-corrected chi connectivity index (χ4v) is 3.30. The van der Waals surface area contributed by atoms with Crippen molar-refractivity contribution >= 4 is 23.9 Å². The van der Waals surface area contributed by atoms with Crippen molar-refractivity contribution in [3.63, 3.8) is 0 Å². The standard InChI is InChI=1S/C26H30O9/c1-16-9-11-19(15-21(16)32-4)25(30)33-14-6-8-23(29)35-20-12-10-17(2)24(18(20)3)26(31)34-13-5-7-22(27)28/h9-12,15H,5-8,13-14H2,1-4H3,(H,27,28). The van der Waals surface area contributed by atoms with Crippen LogP contribution in [-0.2, 0) is 19.1 Å². The third kappa shape index (κ3) is 8.13. The molecule has 0 amide bonds. The molecule has 2 aromatic carbocycles. The number of carboxylic acid groups (broad SMARTS) is 1. The Kier molecular flexibility index (Phi) is 10.3. The van der Waals surface area contributed by atoms with Gasteiger partial charge >= 0.3 is 23.9 Å². The Bertz CT molecular complexity index is 1090. The number of methoxy groups -OCH3 is 1. The van der Waals surface area contributed by atoms with E-state index in [1.54, 1.807) is 44.2 Å². The van der Waals surface area contributed by atoms with Crippen molar-refractivity contribution in [2.24, 2.45) is 0 Å². The van der Waals surface area contributed by atoms with E-state index >= 15 is 0 Å². The molecule has 0 saturated carbocycles. The molecule has 2 rings (SSSR count). The minimum Gasteiger partial charge on any atom is -0.496 e. The summed E-state index contributed by atoms with van der Waals surface area (Å²) in [5.74, 6) is -1.82. The van der Waals surface area contributed by atoms with Gasteiger partial charge in [-0.3, -0.25) is 9.59 Å². The van der Waals surface area contributed by atoms with Crippen LogP contribution in [0.2, 0.25) is 0 Å². The smallest absolute Gasteiger partial charge is 0.338 e. The van der Waals surface area contributed by atoms with Gasteiger partial charge in [0.1, 0.15) is 11.5 Å². The number of carbonyl (C=O) groups is 4. The second kappa shape index (κ2) is 13.1. The first kappa shape index (κ1) is 27.4. The van der Waals surface area contributed by atoms with Crippen molar-refractivity contribution in [3.8, 4) is 11.5 Å². The lowest BCUT2D eigenvalue weighted by Gasteiger charge is -2.14. The summed E-state index contributed by atoms with van der Waals surface area (Å²) < 4.78 is 21.0. The third-order valence-corrected chi connectivity index (χ3v) is 5.22. The minimum atomic E-state index is -0.965. The van der Waals surface area contributed by atoms with Gasteiger partial charge in [0.15, 0.2) is 0 Å². The summed E-state index contributed by atoms with van der Waals surface area (Å²) in [5.41, 5.74) is 2.61. The monoisotopic (exact) mass is 486 g/mol. The molecule has 0 aliphatic rings. The Morgan fingerprint density at radius 2 is 1.43 bits per heavy atom. The number of aliphatic carboxylic acids is 1. The number of rotatable bonds is 12. The SMILES string of the molecule is COc1cc(C(=O)OCCCC(=O)Oc2ccc(C)c(C(=O)OCCCC(=O)O)c2C)ccc1C. The molecule has 35 heavy (non-hydrogen) atoms. The lowest BCUT2D eigenvalue weighted by molar-refractivity contribution is -0.137. The molecular formula is C26H30O9. The molecule has 0 aliphatic heterocycles. The van der Waals surface area contributed by atoms with Gasteiger partial charge in [-0.2, -0.15) is 0 Å². The molecule has 188 valence electrons. The molecule has 0 spiro atoms. The number of ether oxygens (including phenoxy) is 4. The quantitative estimate of drug-likeness (QED) is 0.267. The van der Waals surface area contributed by atoms with Crippen LogP contribution in [-0.4, -0.2) is 49.3 Å². The first-order chi connectivity index (χ1) is 16.6. The van der Waals surface area contributed by atoms with Crippen LogP contribution < -0.4 is 9.47 Å². The molecule has 0 fully saturated rings. The van der Waals surface area contributed by atoms with E-state index in [1.807, 2.05) is 6.92 Å². The highest BCUT2D eigenvalue weighted by Crippen LogP contribution is 2.26. The number of esters is 3. The van der Waals surface area contributed by atoms with Gasteiger partial charge < -0.3 is 24.1 Å². The minimum absolute atomic E-state index is 0.00673. The van der Waals surface area contributed by atoms with E-state index < -0.39 is 23.9 Å². The molecule has 0 bridgehead atoms. The van der Waals surface area contributed by atoms with E-state index in [4.69, 9.17) is 24.1 Å². The van der Waals surface area contributed by atoms with E-state index in [9.17, 15) is 19.2 Å². The molecule has 9 nitrogen and oxygen atoms in total. The lowest BCUT2D eigenvalue weighted by atomic mass is 10.0. The topological polar surface area (TPSA) is 125 Å². The normalized spacial score (nSPS) is 10.4. The second-order valence-corrected chi connectivity index (χ2v) is 7.91. The summed E-state index contributed by atoms with van der Waals surface area (Å²) in [6, 6.07) is 8.23. The molecule has 1 N–H and O–H groups in total. The van der Waals surface area contributed by atoms with Crippen LogP contribution in [0.4, 0.5) is 0 Å². The molecule has 0 aromatic heterocycles. The van der Waals surface area contributed by atoms with E-state index in [0.29, 0.717) is 22.4 Å². The number of carbonyl (C=O) groups excluding carboxylic acids is 3. The van der Waals surface area contributed by atoms with Crippen molar-refractivity contribution in [1.29, 1.82) is 0 Å². The number of aryl methyl sites for hydroxylation is 2. The van der Waals surface area contributed by atoms with Gasteiger partial charge in [0, 0.05) is 18.4 Å². The zero-order valence-electron chi connectivity index (χ0n) is 20.3. The maximum absolute atomic E-state index is 12.5. The summed E-state index contributed by atoms with van der Waals surface area (Å²) in [6.45, 7) is 5.24. The van der Waals surface area contributed by atoms with Crippen LogP contribution in [0.15, 0.2) is 30.3 Å². The van der Waals surface area contributed by atoms with Gasteiger partial charge in [-0.05, 0) is 62.9 Å². The fraction of sp³-hybridized carbons (Fsp3) is 0.385. The molecular weight excluding hydrogens is 456 g/mol. The number of hydrogen-bond acceptors (Lipinski definition) is 8. The predicted octanol–water partition coefficient (Wildman–Crippen LogP) is 4.18. The number of carboxylic acids is 1. The Morgan fingerprint density at radius 3 is 2.09 bits per heavy atom. The van der Waals surface area contributed by atoms with Crippen molar-refractivity contribution in [3.05, 3.63) is 58.1 Å². The zero-order valence-corrected chi connectivity index (χ0v) is 20.3. The summed E-state index contributed by atoms with van der Waals surface area (Å²) in [7, 11) is 1.52. The zero-order chi connectivity index (χ0) is 26.0. The van der Waals surface area contributed by atoms with Gasteiger partial charge in [0.05, 0.1) is 31.5 Å². The van der Waals surface area contributed by atoms with E-state index in [1.165, 1.54) is 7.11 Å². The summed E-state index contributed by atoms with van der Waals surface area (Å²) >= 11 is 0. The molecule has 9 heteroatoms.